The van der Waals surface area contributed by atoms with E-state index in [1.54, 1.807) is 54.6 Å². The van der Waals surface area contributed by atoms with Gasteiger partial charge in [0.15, 0.2) is 6.10 Å². The lowest BCUT2D eigenvalue weighted by Gasteiger charge is -2.30. The Morgan fingerprint density at radius 1 is 1.16 bits per heavy atom. The number of hydrogen-bond donors (Lipinski definition) is 3. The summed E-state index contributed by atoms with van der Waals surface area (Å²) in [6.45, 7) is -0.968. The SMILES string of the molecule is C#CCCC(=O)NC(Cc1ccccc1)C(O)C(=O)N1CC(F)(F)CC1C(=O)NCc1ccc(OC)cc1. The lowest BCUT2D eigenvalue weighted by molar-refractivity contribution is -0.147. The number of nitrogens with zero attached hydrogens (tertiary/aromatic N) is 1. The fourth-order valence-corrected chi connectivity index (χ4v) is 4.25. The largest absolute Gasteiger partial charge is 0.497 e. The molecule has 2 aromatic rings. The number of alkyl halides is 2. The molecule has 1 saturated heterocycles. The van der Waals surface area contributed by atoms with Gasteiger partial charge in [-0.2, -0.15) is 0 Å². The number of methoxy groups -OCH3 is 1. The smallest absolute Gasteiger partial charge is 0.267 e. The normalized spacial score (nSPS) is 17.7. The van der Waals surface area contributed by atoms with Crippen LogP contribution >= 0.6 is 0 Å². The third-order valence-corrected chi connectivity index (χ3v) is 6.26. The molecule has 10 heteroatoms. The van der Waals surface area contributed by atoms with Gasteiger partial charge in [-0.1, -0.05) is 42.5 Å². The summed E-state index contributed by atoms with van der Waals surface area (Å²) < 4.78 is 33.9. The van der Waals surface area contributed by atoms with Gasteiger partial charge in [0.25, 0.3) is 11.8 Å². The van der Waals surface area contributed by atoms with Gasteiger partial charge in [-0.05, 0) is 29.7 Å². The molecule has 1 aliphatic heterocycles. The number of carbonyl (C=O) groups is 3. The van der Waals surface area contributed by atoms with Gasteiger partial charge in [-0.25, -0.2) is 8.78 Å². The Bertz CT molecular complexity index is 1150. The van der Waals surface area contributed by atoms with E-state index in [0.717, 1.165) is 0 Å². The molecule has 8 nitrogen and oxygen atoms in total. The zero-order valence-electron chi connectivity index (χ0n) is 21.0. The standard InChI is InChI=1S/C28H31F2N3O5/c1-3-4-10-24(34)32-22(15-19-8-6-5-7-9-19)25(35)27(37)33-18-28(29,30)16-23(33)26(36)31-17-20-11-13-21(38-2)14-12-20/h1,5-9,11-14,22-23,25,35H,4,10,15-18H2,2H3,(H,31,36)(H,32,34). The third kappa shape index (κ3) is 7.76. The number of ether oxygens (including phenoxy) is 1. The van der Waals surface area contributed by atoms with Crippen molar-refractivity contribution < 1.29 is 33.0 Å². The van der Waals surface area contributed by atoms with Crippen LogP contribution in [0.3, 0.4) is 0 Å². The third-order valence-electron chi connectivity index (χ3n) is 6.26. The summed E-state index contributed by atoms with van der Waals surface area (Å²) in [5, 5.41) is 16.1. The highest BCUT2D eigenvalue weighted by Crippen LogP contribution is 2.33. The van der Waals surface area contributed by atoms with Crippen molar-refractivity contribution in [2.45, 2.75) is 56.3 Å². The maximum absolute atomic E-state index is 14.4. The monoisotopic (exact) mass is 527 g/mol. The molecule has 202 valence electrons. The van der Waals surface area contributed by atoms with Gasteiger partial charge in [0.05, 0.1) is 19.7 Å². The summed E-state index contributed by atoms with van der Waals surface area (Å²) in [6.07, 6.45) is 2.66. The lowest BCUT2D eigenvalue weighted by atomic mass is 9.99. The van der Waals surface area contributed by atoms with Crippen molar-refractivity contribution in [2.24, 2.45) is 0 Å². The molecule has 0 bridgehead atoms. The first-order valence-electron chi connectivity index (χ1n) is 12.2. The Kier molecular flexibility index (Phi) is 9.79. The summed E-state index contributed by atoms with van der Waals surface area (Å²) in [5.41, 5.74) is 1.42. The minimum Gasteiger partial charge on any atom is -0.497 e. The Morgan fingerprint density at radius 2 is 1.84 bits per heavy atom. The summed E-state index contributed by atoms with van der Waals surface area (Å²) in [7, 11) is 1.52. The van der Waals surface area contributed by atoms with Crippen molar-refractivity contribution in [1.82, 2.24) is 15.5 Å². The Balaban J connectivity index is 1.74. The summed E-state index contributed by atoms with van der Waals surface area (Å²) >= 11 is 0. The van der Waals surface area contributed by atoms with E-state index in [1.165, 1.54) is 7.11 Å². The van der Waals surface area contributed by atoms with E-state index in [-0.39, 0.29) is 25.8 Å². The Hall–Kier alpha value is -3.97. The van der Waals surface area contributed by atoms with Crippen molar-refractivity contribution in [2.75, 3.05) is 13.7 Å². The van der Waals surface area contributed by atoms with E-state index in [1.807, 2.05) is 0 Å². The zero-order chi connectivity index (χ0) is 27.7. The molecular weight excluding hydrogens is 496 g/mol. The topological polar surface area (TPSA) is 108 Å². The average molecular weight is 528 g/mol. The number of terminal acetylenes is 1. The van der Waals surface area contributed by atoms with Crippen LogP contribution in [0.4, 0.5) is 8.78 Å². The van der Waals surface area contributed by atoms with Gasteiger partial charge < -0.3 is 25.4 Å². The fraction of sp³-hybridized carbons (Fsp3) is 0.393. The van der Waals surface area contributed by atoms with Gasteiger partial charge in [0.1, 0.15) is 11.8 Å². The molecular formula is C28H31F2N3O5. The summed E-state index contributed by atoms with van der Waals surface area (Å²) in [5.74, 6) is -2.67. The van der Waals surface area contributed by atoms with E-state index < -0.39 is 54.8 Å². The van der Waals surface area contributed by atoms with Gasteiger partial charge in [-0.3, -0.25) is 14.4 Å². The average Bonchev–Trinajstić information content (AvgIpc) is 3.25. The van der Waals surface area contributed by atoms with Crippen LogP contribution < -0.4 is 15.4 Å². The molecule has 3 unspecified atom stereocenters. The number of benzene rings is 2. The number of likely N-dealkylation sites (tertiary alicyclic amines) is 1. The zero-order valence-corrected chi connectivity index (χ0v) is 21.0. The van der Waals surface area contributed by atoms with Gasteiger partial charge in [-0.15, -0.1) is 12.3 Å². The van der Waals surface area contributed by atoms with Crippen LogP contribution in [0.1, 0.15) is 30.4 Å². The number of halogens is 2. The minimum atomic E-state index is -3.32. The minimum absolute atomic E-state index is 0.0269. The molecule has 0 aromatic heterocycles. The van der Waals surface area contributed by atoms with Crippen LogP contribution in [0, 0.1) is 12.3 Å². The van der Waals surface area contributed by atoms with Gasteiger partial charge in [0, 0.05) is 25.8 Å². The number of carbonyl (C=O) groups excluding carboxylic acids is 3. The second-order valence-corrected chi connectivity index (χ2v) is 9.12. The Labute approximate surface area is 220 Å². The number of amides is 3. The van der Waals surface area contributed by atoms with Crippen molar-refractivity contribution in [3.63, 3.8) is 0 Å². The molecule has 1 heterocycles. The van der Waals surface area contributed by atoms with Crippen LogP contribution in [0.25, 0.3) is 0 Å². The molecule has 1 fully saturated rings. The maximum Gasteiger partial charge on any atom is 0.267 e. The highest BCUT2D eigenvalue weighted by Gasteiger charge is 2.51. The number of nitrogens with one attached hydrogen (secondary N) is 2. The highest BCUT2D eigenvalue weighted by molar-refractivity contribution is 5.91. The first-order valence-corrected chi connectivity index (χ1v) is 12.2. The van der Waals surface area contributed by atoms with Crippen molar-refractivity contribution >= 4 is 17.7 Å². The summed E-state index contributed by atoms with van der Waals surface area (Å²) in [6, 6.07) is 13.0. The summed E-state index contributed by atoms with van der Waals surface area (Å²) in [4.78, 5) is 39.2. The molecule has 1 aliphatic rings. The van der Waals surface area contributed by atoms with Gasteiger partial charge >= 0.3 is 0 Å². The second kappa shape index (κ2) is 13.0. The number of hydrogen-bond acceptors (Lipinski definition) is 5. The molecule has 3 N–H and O–H groups in total. The Morgan fingerprint density at radius 3 is 2.47 bits per heavy atom. The van der Waals surface area contributed by atoms with Crippen LogP contribution in [0.2, 0.25) is 0 Å². The molecule has 3 atom stereocenters. The predicted molar refractivity (Wildman–Crippen MR) is 136 cm³/mol. The molecule has 0 saturated carbocycles. The number of rotatable bonds is 11. The molecule has 3 rings (SSSR count). The van der Waals surface area contributed by atoms with Crippen molar-refractivity contribution in [1.29, 1.82) is 0 Å². The second-order valence-electron chi connectivity index (χ2n) is 9.12. The molecule has 0 spiro atoms. The number of aliphatic hydroxyl groups is 1. The molecule has 38 heavy (non-hydrogen) atoms. The van der Waals surface area contributed by atoms with E-state index in [0.29, 0.717) is 21.8 Å². The van der Waals surface area contributed by atoms with Crippen LogP contribution in [-0.4, -0.2) is 65.5 Å². The molecule has 2 aromatic carbocycles. The number of aliphatic hydroxyl groups excluding tert-OH is 1. The van der Waals surface area contributed by atoms with Crippen LogP contribution in [0.5, 0.6) is 5.75 Å². The van der Waals surface area contributed by atoms with Gasteiger partial charge in [0.2, 0.25) is 11.8 Å². The van der Waals surface area contributed by atoms with Crippen molar-refractivity contribution in [3.05, 3.63) is 65.7 Å². The first kappa shape index (κ1) is 28.6. The van der Waals surface area contributed by atoms with E-state index in [4.69, 9.17) is 11.2 Å². The fourth-order valence-electron chi connectivity index (χ4n) is 4.25. The first-order chi connectivity index (χ1) is 18.1. The molecule has 3 amide bonds. The van der Waals surface area contributed by atoms with E-state index in [9.17, 15) is 28.3 Å². The van der Waals surface area contributed by atoms with E-state index in [2.05, 4.69) is 16.6 Å². The van der Waals surface area contributed by atoms with E-state index >= 15 is 0 Å². The van der Waals surface area contributed by atoms with Crippen LogP contribution in [-0.2, 0) is 27.3 Å². The molecule has 0 radical (unpaired) electrons. The van der Waals surface area contributed by atoms with Crippen molar-refractivity contribution in [3.8, 4) is 18.1 Å². The maximum atomic E-state index is 14.4. The molecule has 0 aliphatic carbocycles. The predicted octanol–water partition coefficient (Wildman–Crippen LogP) is 2.05. The lowest BCUT2D eigenvalue weighted by Crippen LogP contribution is -2.55. The van der Waals surface area contributed by atoms with Crippen LogP contribution in [0.15, 0.2) is 54.6 Å². The highest BCUT2D eigenvalue weighted by atomic mass is 19.3. The quantitative estimate of drug-likeness (QED) is 0.388.